The first-order valence-corrected chi connectivity index (χ1v) is 2.95. The molecule has 0 aromatic heterocycles. The van der Waals surface area contributed by atoms with E-state index in [2.05, 4.69) is 0 Å². The molecule has 0 aromatic carbocycles. The zero-order valence-electron chi connectivity index (χ0n) is 5.04. The number of rotatable bonds is 1. The van der Waals surface area contributed by atoms with Crippen LogP contribution in [0.2, 0.25) is 0 Å². The van der Waals surface area contributed by atoms with Crippen LogP contribution in [0.3, 0.4) is 0 Å². The predicted molar refractivity (Wildman–Crippen MR) is 32.3 cm³/mol. The van der Waals surface area contributed by atoms with Crippen molar-refractivity contribution in [1.82, 2.24) is 5.06 Å². The Hall–Kier alpha value is -0.610. The molecule has 1 rings (SSSR count). The average molecular weight is 129 g/mol. The van der Waals surface area contributed by atoms with Crippen LogP contribution in [0.25, 0.3) is 0 Å². The highest BCUT2D eigenvalue weighted by Gasteiger charge is 2.21. The molecule has 2 N–H and O–H groups in total. The predicted octanol–water partition coefficient (Wildman–Crippen LogP) is -0.566. The zero-order valence-corrected chi connectivity index (χ0v) is 5.04. The molecule has 1 atom stereocenters. The van der Waals surface area contributed by atoms with Crippen molar-refractivity contribution in [3.8, 4) is 0 Å². The van der Waals surface area contributed by atoms with Gasteiger partial charge in [-0.3, -0.25) is 4.79 Å². The molecule has 1 heterocycles. The number of hydrogen-bond donors (Lipinski definition) is 1. The number of hydroxylamine groups is 2. The van der Waals surface area contributed by atoms with Crippen molar-refractivity contribution < 1.29 is 4.79 Å². The Morgan fingerprint density at radius 1 is 1.78 bits per heavy atom. The number of amides is 1. The molecule has 1 saturated heterocycles. The topological polar surface area (TPSA) is 69.4 Å². The summed E-state index contributed by atoms with van der Waals surface area (Å²) in [4.78, 5) is 10.4. The number of carbonyl (C=O) groups excluding carboxylic acids is 1. The van der Waals surface area contributed by atoms with Gasteiger partial charge in [0.1, 0.15) is 0 Å². The first-order valence-electron chi connectivity index (χ1n) is 2.95. The number of nitrogens with zero attached hydrogens (tertiary/aromatic N) is 1. The number of primary amides is 1. The van der Waals surface area contributed by atoms with E-state index in [0.29, 0.717) is 13.0 Å². The normalized spacial score (nSPS) is 28.8. The Morgan fingerprint density at radius 3 is 2.67 bits per heavy atom. The van der Waals surface area contributed by atoms with E-state index in [1.165, 1.54) is 0 Å². The molecule has 0 aromatic rings. The SMILES string of the molecule is NC(=O)C1CCCN1[O-]. The smallest absolute Gasteiger partial charge is 0.233 e. The highest BCUT2D eigenvalue weighted by atomic mass is 16.5. The molecule has 1 amide bonds. The Bertz CT molecular complexity index is 126. The average Bonchev–Trinajstić information content (AvgIpc) is 2.13. The summed E-state index contributed by atoms with van der Waals surface area (Å²) in [6.45, 7) is 0.452. The number of carbonyl (C=O) groups is 1. The van der Waals surface area contributed by atoms with E-state index in [4.69, 9.17) is 5.73 Å². The molecule has 9 heavy (non-hydrogen) atoms. The molecule has 0 radical (unpaired) electrons. The van der Waals surface area contributed by atoms with Crippen molar-refractivity contribution in [2.75, 3.05) is 6.54 Å². The molecule has 0 aliphatic carbocycles. The van der Waals surface area contributed by atoms with Crippen LogP contribution in [-0.2, 0) is 4.79 Å². The Morgan fingerprint density at radius 2 is 2.44 bits per heavy atom. The van der Waals surface area contributed by atoms with Gasteiger partial charge in [0.05, 0.1) is 6.04 Å². The van der Waals surface area contributed by atoms with Crippen LogP contribution in [-0.4, -0.2) is 23.6 Å². The molecule has 0 bridgehead atoms. The summed E-state index contributed by atoms with van der Waals surface area (Å²) in [6.07, 6.45) is 1.41. The molecule has 0 saturated carbocycles. The molecule has 1 fully saturated rings. The van der Waals surface area contributed by atoms with Gasteiger partial charge in [-0.25, -0.2) is 0 Å². The van der Waals surface area contributed by atoms with Gasteiger partial charge in [-0.2, -0.15) is 0 Å². The van der Waals surface area contributed by atoms with Gasteiger partial charge in [-0.05, 0) is 19.4 Å². The van der Waals surface area contributed by atoms with Crippen LogP contribution in [0.1, 0.15) is 12.8 Å². The lowest BCUT2D eigenvalue weighted by Gasteiger charge is -2.26. The maximum Gasteiger partial charge on any atom is 0.233 e. The Kier molecular flexibility index (Phi) is 1.68. The van der Waals surface area contributed by atoms with E-state index in [1.54, 1.807) is 0 Å². The zero-order chi connectivity index (χ0) is 6.85. The summed E-state index contributed by atoms with van der Waals surface area (Å²) in [5.41, 5.74) is 4.91. The van der Waals surface area contributed by atoms with Crippen LogP contribution < -0.4 is 5.73 Å². The number of hydrogen-bond acceptors (Lipinski definition) is 3. The van der Waals surface area contributed by atoms with Crippen LogP contribution >= 0.6 is 0 Å². The fraction of sp³-hybridized carbons (Fsp3) is 0.800. The van der Waals surface area contributed by atoms with Gasteiger partial charge in [-0.15, -0.1) is 0 Å². The first-order chi connectivity index (χ1) is 4.22. The monoisotopic (exact) mass is 129 g/mol. The maximum absolute atomic E-state index is 10.6. The fourth-order valence-electron chi connectivity index (χ4n) is 1.02. The van der Waals surface area contributed by atoms with Gasteiger partial charge in [0.15, 0.2) is 0 Å². The third-order valence-corrected chi connectivity index (χ3v) is 1.53. The van der Waals surface area contributed by atoms with E-state index in [9.17, 15) is 10.0 Å². The maximum atomic E-state index is 10.6. The molecule has 52 valence electrons. The van der Waals surface area contributed by atoms with Crippen molar-refractivity contribution >= 4 is 5.91 Å². The summed E-state index contributed by atoms with van der Waals surface area (Å²) >= 11 is 0. The molecule has 4 nitrogen and oxygen atoms in total. The van der Waals surface area contributed by atoms with Gasteiger partial charge in [0.25, 0.3) is 0 Å². The van der Waals surface area contributed by atoms with Crippen LogP contribution in [0.4, 0.5) is 0 Å². The molecule has 1 unspecified atom stereocenters. The van der Waals surface area contributed by atoms with E-state index in [1.807, 2.05) is 0 Å². The minimum Gasteiger partial charge on any atom is -0.785 e. The summed E-state index contributed by atoms with van der Waals surface area (Å²) in [5, 5.41) is 11.4. The quantitative estimate of drug-likeness (QED) is 0.515. The second kappa shape index (κ2) is 2.33. The van der Waals surface area contributed by atoms with Gasteiger partial charge < -0.3 is 16.0 Å². The molecule has 0 spiro atoms. The van der Waals surface area contributed by atoms with Gasteiger partial charge in [0.2, 0.25) is 5.91 Å². The molecule has 1 aliphatic heterocycles. The fourth-order valence-corrected chi connectivity index (χ4v) is 1.02. The second-order valence-corrected chi connectivity index (χ2v) is 2.20. The third kappa shape index (κ3) is 1.20. The molecule has 4 heteroatoms. The van der Waals surface area contributed by atoms with Crippen molar-refractivity contribution in [3.63, 3.8) is 0 Å². The lowest BCUT2D eigenvalue weighted by molar-refractivity contribution is -0.121. The van der Waals surface area contributed by atoms with E-state index < -0.39 is 11.9 Å². The third-order valence-electron chi connectivity index (χ3n) is 1.53. The van der Waals surface area contributed by atoms with Crippen molar-refractivity contribution in [3.05, 3.63) is 5.21 Å². The summed E-state index contributed by atoms with van der Waals surface area (Å²) in [5.74, 6) is -0.498. The Labute approximate surface area is 53.2 Å². The van der Waals surface area contributed by atoms with Crippen molar-refractivity contribution in [2.45, 2.75) is 18.9 Å². The van der Waals surface area contributed by atoms with E-state index >= 15 is 0 Å². The summed E-state index contributed by atoms with van der Waals surface area (Å²) in [6, 6.07) is -0.551. The lowest BCUT2D eigenvalue weighted by Crippen LogP contribution is -2.36. The van der Waals surface area contributed by atoms with Gasteiger partial charge in [-0.1, -0.05) is 0 Å². The minimum atomic E-state index is -0.551. The van der Waals surface area contributed by atoms with Crippen molar-refractivity contribution in [1.29, 1.82) is 0 Å². The summed E-state index contributed by atoms with van der Waals surface area (Å²) < 4.78 is 0. The van der Waals surface area contributed by atoms with Crippen LogP contribution in [0.5, 0.6) is 0 Å². The van der Waals surface area contributed by atoms with Crippen LogP contribution in [0, 0.1) is 5.21 Å². The van der Waals surface area contributed by atoms with Crippen LogP contribution in [0.15, 0.2) is 0 Å². The molecule has 1 aliphatic rings. The van der Waals surface area contributed by atoms with Gasteiger partial charge in [0, 0.05) is 0 Å². The highest BCUT2D eigenvalue weighted by Crippen LogP contribution is 2.13. The number of nitrogens with two attached hydrogens (primary N) is 1. The lowest BCUT2D eigenvalue weighted by atomic mass is 10.2. The molecular weight excluding hydrogens is 120 g/mol. The van der Waals surface area contributed by atoms with Crippen molar-refractivity contribution in [2.24, 2.45) is 5.73 Å². The molecular formula is C5H9N2O2-. The van der Waals surface area contributed by atoms with Gasteiger partial charge >= 0.3 is 0 Å². The first kappa shape index (κ1) is 6.51. The largest absolute Gasteiger partial charge is 0.785 e. The highest BCUT2D eigenvalue weighted by molar-refractivity contribution is 5.80. The minimum absolute atomic E-state index is 0.452. The van der Waals surface area contributed by atoms with E-state index in [-0.39, 0.29) is 0 Å². The summed E-state index contributed by atoms with van der Waals surface area (Å²) in [7, 11) is 0. The van der Waals surface area contributed by atoms with E-state index in [0.717, 1.165) is 11.5 Å². The Balaban J connectivity index is 2.49. The second-order valence-electron chi connectivity index (χ2n) is 2.20. The standard InChI is InChI=1S/C5H9N2O2/c6-5(8)4-2-1-3-7(4)9/h4H,1-3H2,(H2,6,8)/q-1.